The SMILES string of the molecule is CCOC(=O)c1c(-c2ccc(Cl)cc2)noc1NC(=O)COc1ccc(C)cc1. The fraction of sp³-hybridized carbons (Fsp3) is 0.190. The summed E-state index contributed by atoms with van der Waals surface area (Å²) in [5.74, 6) is -0.718. The van der Waals surface area contributed by atoms with Gasteiger partial charge >= 0.3 is 5.97 Å². The summed E-state index contributed by atoms with van der Waals surface area (Å²) in [5, 5.41) is 6.98. The molecule has 0 aliphatic carbocycles. The number of hydrogen-bond donors (Lipinski definition) is 1. The Hall–Kier alpha value is -3.32. The maximum atomic E-state index is 12.4. The van der Waals surface area contributed by atoms with Crippen LogP contribution in [-0.2, 0) is 9.53 Å². The molecule has 150 valence electrons. The Morgan fingerprint density at radius 2 is 1.79 bits per heavy atom. The van der Waals surface area contributed by atoms with Gasteiger partial charge in [0, 0.05) is 10.6 Å². The highest BCUT2D eigenvalue weighted by molar-refractivity contribution is 6.30. The lowest BCUT2D eigenvalue weighted by molar-refractivity contribution is -0.118. The van der Waals surface area contributed by atoms with Crippen LogP contribution < -0.4 is 10.1 Å². The van der Waals surface area contributed by atoms with Crippen LogP contribution >= 0.6 is 11.6 Å². The summed E-state index contributed by atoms with van der Waals surface area (Å²) < 4.78 is 15.7. The second-order valence-electron chi connectivity index (χ2n) is 6.11. The van der Waals surface area contributed by atoms with Crippen LogP contribution in [0.2, 0.25) is 5.02 Å². The number of anilines is 1. The molecule has 1 aromatic heterocycles. The normalized spacial score (nSPS) is 10.4. The van der Waals surface area contributed by atoms with Gasteiger partial charge in [0.25, 0.3) is 5.91 Å². The Morgan fingerprint density at radius 3 is 2.45 bits per heavy atom. The molecule has 0 bridgehead atoms. The topological polar surface area (TPSA) is 90.7 Å². The average Bonchev–Trinajstić information content (AvgIpc) is 3.12. The molecule has 0 aliphatic rings. The minimum atomic E-state index is -0.659. The Bertz CT molecular complexity index is 997. The van der Waals surface area contributed by atoms with E-state index < -0.39 is 11.9 Å². The molecule has 2 aromatic carbocycles. The van der Waals surface area contributed by atoms with Crippen LogP contribution in [0.1, 0.15) is 22.8 Å². The summed E-state index contributed by atoms with van der Waals surface area (Å²) in [7, 11) is 0. The minimum Gasteiger partial charge on any atom is -0.484 e. The summed E-state index contributed by atoms with van der Waals surface area (Å²) in [6.45, 7) is 3.53. The number of aromatic nitrogens is 1. The fourth-order valence-corrected chi connectivity index (χ4v) is 2.64. The summed E-state index contributed by atoms with van der Waals surface area (Å²) in [5.41, 5.74) is 1.95. The highest BCUT2D eigenvalue weighted by atomic mass is 35.5. The van der Waals surface area contributed by atoms with Crippen molar-refractivity contribution in [3.8, 4) is 17.0 Å². The van der Waals surface area contributed by atoms with Crippen LogP contribution in [0.5, 0.6) is 5.75 Å². The third-order valence-electron chi connectivity index (χ3n) is 3.93. The molecular formula is C21H19ClN2O5. The summed E-state index contributed by atoms with van der Waals surface area (Å²) in [6, 6.07) is 14.0. The predicted octanol–water partition coefficient (Wildman–Crippen LogP) is 4.50. The zero-order valence-corrected chi connectivity index (χ0v) is 16.7. The largest absolute Gasteiger partial charge is 0.484 e. The number of benzene rings is 2. The molecular weight excluding hydrogens is 396 g/mol. The Kier molecular flexibility index (Phi) is 6.51. The maximum absolute atomic E-state index is 12.4. The fourth-order valence-electron chi connectivity index (χ4n) is 2.52. The lowest BCUT2D eigenvalue weighted by atomic mass is 10.1. The van der Waals surface area contributed by atoms with Crippen molar-refractivity contribution in [3.05, 3.63) is 64.7 Å². The van der Waals surface area contributed by atoms with E-state index in [0.717, 1.165) is 5.56 Å². The molecule has 29 heavy (non-hydrogen) atoms. The zero-order chi connectivity index (χ0) is 20.8. The number of halogens is 1. The van der Waals surface area contributed by atoms with Crippen LogP contribution in [0.25, 0.3) is 11.3 Å². The van der Waals surface area contributed by atoms with Crippen LogP contribution in [0.3, 0.4) is 0 Å². The van der Waals surface area contributed by atoms with E-state index in [9.17, 15) is 9.59 Å². The lowest BCUT2D eigenvalue weighted by Crippen LogP contribution is -2.21. The molecule has 0 aliphatic heterocycles. The number of esters is 1. The number of aryl methyl sites for hydroxylation is 1. The van der Waals surface area contributed by atoms with Crippen LogP contribution in [0.4, 0.5) is 5.88 Å². The molecule has 0 saturated carbocycles. The van der Waals surface area contributed by atoms with Gasteiger partial charge in [-0.25, -0.2) is 4.79 Å². The third kappa shape index (κ3) is 5.14. The van der Waals surface area contributed by atoms with Gasteiger partial charge in [0.1, 0.15) is 11.4 Å². The van der Waals surface area contributed by atoms with Crippen LogP contribution in [0.15, 0.2) is 53.1 Å². The second-order valence-corrected chi connectivity index (χ2v) is 6.55. The summed E-state index contributed by atoms with van der Waals surface area (Å²) in [4.78, 5) is 24.7. The molecule has 0 unspecified atom stereocenters. The highest BCUT2D eigenvalue weighted by Crippen LogP contribution is 2.30. The smallest absolute Gasteiger partial charge is 0.346 e. The molecule has 8 heteroatoms. The number of nitrogens with zero attached hydrogens (tertiary/aromatic N) is 1. The number of nitrogens with one attached hydrogen (secondary N) is 1. The molecule has 1 amide bonds. The Morgan fingerprint density at radius 1 is 1.10 bits per heavy atom. The van der Waals surface area contributed by atoms with E-state index in [4.69, 9.17) is 25.6 Å². The molecule has 0 spiro atoms. The molecule has 0 fully saturated rings. The molecule has 3 rings (SSSR count). The first-order valence-corrected chi connectivity index (χ1v) is 9.27. The van der Waals surface area contributed by atoms with E-state index in [0.29, 0.717) is 16.3 Å². The van der Waals surface area contributed by atoms with Crippen molar-refractivity contribution in [2.75, 3.05) is 18.5 Å². The first-order chi connectivity index (χ1) is 14.0. The van der Waals surface area contributed by atoms with Crippen molar-refractivity contribution >= 4 is 29.4 Å². The molecule has 0 atom stereocenters. The zero-order valence-electron chi connectivity index (χ0n) is 15.9. The minimum absolute atomic E-state index is 0.0258. The number of carbonyl (C=O) groups is 2. The molecule has 7 nitrogen and oxygen atoms in total. The van der Waals surface area contributed by atoms with E-state index in [1.165, 1.54) is 0 Å². The van der Waals surface area contributed by atoms with Gasteiger partial charge in [0.2, 0.25) is 5.88 Å². The van der Waals surface area contributed by atoms with Crippen molar-refractivity contribution in [1.29, 1.82) is 0 Å². The van der Waals surface area contributed by atoms with Crippen molar-refractivity contribution in [3.63, 3.8) is 0 Å². The third-order valence-corrected chi connectivity index (χ3v) is 4.19. The number of ether oxygens (including phenoxy) is 2. The molecule has 1 N–H and O–H groups in total. The maximum Gasteiger partial charge on any atom is 0.346 e. The first kappa shape index (κ1) is 20.4. The Balaban J connectivity index is 1.78. The van der Waals surface area contributed by atoms with E-state index in [1.54, 1.807) is 43.3 Å². The predicted molar refractivity (Wildman–Crippen MR) is 108 cm³/mol. The summed E-state index contributed by atoms with van der Waals surface area (Å²) in [6.07, 6.45) is 0. The van der Waals surface area contributed by atoms with Gasteiger partial charge < -0.3 is 14.0 Å². The monoisotopic (exact) mass is 414 g/mol. The van der Waals surface area contributed by atoms with Crippen LogP contribution in [-0.4, -0.2) is 30.2 Å². The molecule has 3 aromatic rings. The number of hydrogen-bond acceptors (Lipinski definition) is 6. The number of rotatable bonds is 7. The highest BCUT2D eigenvalue weighted by Gasteiger charge is 2.26. The van der Waals surface area contributed by atoms with E-state index in [-0.39, 0.29) is 30.4 Å². The van der Waals surface area contributed by atoms with Gasteiger partial charge in [-0.1, -0.05) is 46.6 Å². The second kappa shape index (κ2) is 9.25. The molecule has 1 heterocycles. The first-order valence-electron chi connectivity index (χ1n) is 8.90. The molecule has 0 radical (unpaired) electrons. The van der Waals surface area contributed by atoms with Gasteiger partial charge in [-0.05, 0) is 38.1 Å². The molecule has 0 saturated heterocycles. The van der Waals surface area contributed by atoms with Crippen molar-refractivity contribution < 1.29 is 23.6 Å². The van der Waals surface area contributed by atoms with E-state index in [1.807, 2.05) is 19.1 Å². The van der Waals surface area contributed by atoms with Crippen LogP contribution in [0, 0.1) is 6.92 Å². The van der Waals surface area contributed by atoms with Gasteiger partial charge in [-0.15, -0.1) is 0 Å². The quantitative estimate of drug-likeness (QED) is 0.572. The average molecular weight is 415 g/mol. The van der Waals surface area contributed by atoms with Crippen molar-refractivity contribution in [2.24, 2.45) is 0 Å². The lowest BCUT2D eigenvalue weighted by Gasteiger charge is -2.07. The van der Waals surface area contributed by atoms with Crippen molar-refractivity contribution in [2.45, 2.75) is 13.8 Å². The van der Waals surface area contributed by atoms with Crippen molar-refractivity contribution in [1.82, 2.24) is 5.16 Å². The summed E-state index contributed by atoms with van der Waals surface area (Å²) >= 11 is 5.91. The van der Waals surface area contributed by atoms with E-state index in [2.05, 4.69) is 10.5 Å². The van der Waals surface area contributed by atoms with Gasteiger partial charge in [0.15, 0.2) is 12.2 Å². The Labute approximate surface area is 172 Å². The van der Waals surface area contributed by atoms with Gasteiger partial charge in [0.05, 0.1) is 6.61 Å². The van der Waals surface area contributed by atoms with E-state index >= 15 is 0 Å². The standard InChI is InChI=1S/C21H19ClN2O5/c1-3-27-21(26)18-19(14-6-8-15(22)9-7-14)24-29-20(18)23-17(25)12-28-16-10-4-13(2)5-11-16/h4-11H,3,12H2,1-2H3,(H,23,25). The number of amides is 1. The van der Waals surface area contributed by atoms with Gasteiger partial charge in [-0.2, -0.15) is 0 Å². The van der Waals surface area contributed by atoms with Gasteiger partial charge in [-0.3, -0.25) is 10.1 Å². The number of carbonyl (C=O) groups excluding carboxylic acids is 2.